The number of ether oxygens (including phenoxy) is 1. The van der Waals surface area contributed by atoms with Crippen molar-refractivity contribution in [3.8, 4) is 5.75 Å². The summed E-state index contributed by atoms with van der Waals surface area (Å²) in [6, 6.07) is 8.36. The summed E-state index contributed by atoms with van der Waals surface area (Å²) in [6.45, 7) is 2.87. The molecule has 1 aromatic carbocycles. The predicted octanol–water partition coefficient (Wildman–Crippen LogP) is 2.79. The van der Waals surface area contributed by atoms with E-state index in [0.29, 0.717) is 13.2 Å². The molecule has 1 heterocycles. The van der Waals surface area contributed by atoms with Gasteiger partial charge in [0.2, 0.25) is 0 Å². The number of nitro benzene ring substituents is 1. The average molecular weight is 288 g/mol. The summed E-state index contributed by atoms with van der Waals surface area (Å²) >= 11 is 0. The third-order valence-corrected chi connectivity index (χ3v) is 2.72. The summed E-state index contributed by atoms with van der Waals surface area (Å²) in [4.78, 5) is 10.5. The van der Waals surface area contributed by atoms with E-state index in [4.69, 9.17) is 4.74 Å². The number of hydrogen-bond donors (Lipinski definition) is 1. The van der Waals surface area contributed by atoms with Crippen molar-refractivity contribution in [1.29, 1.82) is 0 Å². The molecule has 1 aromatic heterocycles. The molecule has 21 heavy (non-hydrogen) atoms. The van der Waals surface area contributed by atoms with Crippen LogP contribution in [0.1, 0.15) is 19.0 Å². The fraction of sp³-hybridized carbons (Fsp3) is 0.286. The molecule has 0 unspecified atom stereocenters. The first-order valence-electron chi connectivity index (χ1n) is 6.62. The third kappa shape index (κ3) is 4.13. The molecular weight excluding hydrogens is 272 g/mol. The van der Waals surface area contributed by atoms with Crippen LogP contribution in [0.2, 0.25) is 0 Å². The third-order valence-electron chi connectivity index (χ3n) is 2.72. The SMILES string of the molecule is CCCOc1cc(NCc2cccnn2)ccc1[N+](=O)[O-]. The molecule has 0 fully saturated rings. The van der Waals surface area contributed by atoms with Crippen molar-refractivity contribution in [2.45, 2.75) is 19.9 Å². The fourth-order valence-corrected chi connectivity index (χ4v) is 1.72. The second-order valence-corrected chi connectivity index (χ2v) is 4.36. The van der Waals surface area contributed by atoms with Crippen molar-refractivity contribution >= 4 is 11.4 Å². The summed E-state index contributed by atoms with van der Waals surface area (Å²) in [5, 5.41) is 21.8. The van der Waals surface area contributed by atoms with Gasteiger partial charge in [-0.3, -0.25) is 10.1 Å². The molecule has 110 valence electrons. The first-order valence-corrected chi connectivity index (χ1v) is 6.62. The summed E-state index contributed by atoms with van der Waals surface area (Å²) < 4.78 is 5.43. The van der Waals surface area contributed by atoms with Crippen molar-refractivity contribution in [3.05, 3.63) is 52.3 Å². The Hall–Kier alpha value is -2.70. The van der Waals surface area contributed by atoms with E-state index in [2.05, 4.69) is 15.5 Å². The maximum absolute atomic E-state index is 11.0. The quantitative estimate of drug-likeness (QED) is 0.622. The minimum absolute atomic E-state index is 0.0338. The van der Waals surface area contributed by atoms with Crippen LogP contribution in [-0.4, -0.2) is 21.7 Å². The van der Waals surface area contributed by atoms with Gasteiger partial charge in [-0.25, -0.2) is 0 Å². The molecule has 0 aliphatic carbocycles. The van der Waals surface area contributed by atoms with Crippen LogP contribution in [0.3, 0.4) is 0 Å². The largest absolute Gasteiger partial charge is 0.487 e. The monoisotopic (exact) mass is 288 g/mol. The lowest BCUT2D eigenvalue weighted by Crippen LogP contribution is -2.04. The van der Waals surface area contributed by atoms with Gasteiger partial charge in [0.1, 0.15) is 0 Å². The van der Waals surface area contributed by atoms with E-state index in [9.17, 15) is 10.1 Å². The maximum atomic E-state index is 11.0. The van der Waals surface area contributed by atoms with Crippen LogP contribution < -0.4 is 10.1 Å². The van der Waals surface area contributed by atoms with Gasteiger partial charge >= 0.3 is 5.69 Å². The first-order chi connectivity index (χ1) is 10.2. The molecule has 0 radical (unpaired) electrons. The Morgan fingerprint density at radius 3 is 2.90 bits per heavy atom. The van der Waals surface area contributed by atoms with Crippen LogP contribution in [0.15, 0.2) is 36.5 Å². The summed E-state index contributed by atoms with van der Waals surface area (Å²) in [7, 11) is 0. The van der Waals surface area contributed by atoms with E-state index in [0.717, 1.165) is 17.8 Å². The molecule has 2 rings (SSSR count). The van der Waals surface area contributed by atoms with E-state index in [1.54, 1.807) is 24.4 Å². The Morgan fingerprint density at radius 2 is 2.24 bits per heavy atom. The Morgan fingerprint density at radius 1 is 1.38 bits per heavy atom. The lowest BCUT2D eigenvalue weighted by atomic mass is 10.2. The lowest BCUT2D eigenvalue weighted by Gasteiger charge is -2.09. The summed E-state index contributed by atoms with van der Waals surface area (Å²) in [5.41, 5.74) is 1.48. The van der Waals surface area contributed by atoms with Gasteiger partial charge in [-0.2, -0.15) is 10.2 Å². The smallest absolute Gasteiger partial charge is 0.311 e. The van der Waals surface area contributed by atoms with E-state index < -0.39 is 4.92 Å². The van der Waals surface area contributed by atoms with Crippen LogP contribution in [0.5, 0.6) is 5.75 Å². The minimum atomic E-state index is -0.447. The van der Waals surface area contributed by atoms with E-state index in [1.807, 2.05) is 13.0 Å². The molecule has 2 aromatic rings. The maximum Gasteiger partial charge on any atom is 0.311 e. The molecule has 0 saturated carbocycles. The minimum Gasteiger partial charge on any atom is -0.487 e. The van der Waals surface area contributed by atoms with Gasteiger partial charge in [0.25, 0.3) is 0 Å². The molecule has 0 aliphatic rings. The van der Waals surface area contributed by atoms with Gasteiger partial charge in [0, 0.05) is 24.0 Å². The zero-order chi connectivity index (χ0) is 15.1. The van der Waals surface area contributed by atoms with Crippen molar-refractivity contribution in [1.82, 2.24) is 10.2 Å². The van der Waals surface area contributed by atoms with Crippen molar-refractivity contribution in [2.75, 3.05) is 11.9 Å². The number of nitrogens with one attached hydrogen (secondary N) is 1. The Balaban J connectivity index is 2.11. The number of hydrogen-bond acceptors (Lipinski definition) is 6. The number of nitro groups is 1. The number of nitrogens with zero attached hydrogens (tertiary/aromatic N) is 3. The number of rotatable bonds is 7. The highest BCUT2D eigenvalue weighted by molar-refractivity contribution is 5.58. The number of benzene rings is 1. The van der Waals surface area contributed by atoms with Gasteiger partial charge < -0.3 is 10.1 Å². The van der Waals surface area contributed by atoms with Crippen LogP contribution in [0.4, 0.5) is 11.4 Å². The fourth-order valence-electron chi connectivity index (χ4n) is 1.72. The summed E-state index contributed by atoms with van der Waals surface area (Å²) in [6.07, 6.45) is 2.39. The average Bonchev–Trinajstić information content (AvgIpc) is 2.51. The molecule has 0 bridgehead atoms. The second-order valence-electron chi connectivity index (χ2n) is 4.36. The molecule has 0 amide bonds. The van der Waals surface area contributed by atoms with Crippen LogP contribution >= 0.6 is 0 Å². The highest BCUT2D eigenvalue weighted by Crippen LogP contribution is 2.30. The Kier molecular flexibility index (Phi) is 5.03. The number of anilines is 1. The molecule has 1 N–H and O–H groups in total. The standard InChI is InChI=1S/C14H16N4O3/c1-2-8-21-14-9-11(5-6-13(14)18(19)20)15-10-12-4-3-7-16-17-12/h3-7,9,15H,2,8,10H2,1H3. The second kappa shape index (κ2) is 7.18. The van der Waals surface area contributed by atoms with Crippen molar-refractivity contribution in [3.63, 3.8) is 0 Å². The van der Waals surface area contributed by atoms with Crippen LogP contribution in [-0.2, 0) is 6.54 Å². The first kappa shape index (κ1) is 14.7. The molecule has 0 atom stereocenters. The van der Waals surface area contributed by atoms with Crippen molar-refractivity contribution in [2.24, 2.45) is 0 Å². The van der Waals surface area contributed by atoms with Gasteiger partial charge in [0.05, 0.1) is 23.8 Å². The van der Waals surface area contributed by atoms with E-state index in [-0.39, 0.29) is 11.4 Å². The molecule has 7 heteroatoms. The molecular formula is C14H16N4O3. The molecule has 0 aliphatic heterocycles. The summed E-state index contributed by atoms with van der Waals surface area (Å²) in [5.74, 6) is 0.269. The molecule has 7 nitrogen and oxygen atoms in total. The normalized spacial score (nSPS) is 10.1. The molecule has 0 saturated heterocycles. The molecule has 0 spiro atoms. The highest BCUT2D eigenvalue weighted by Gasteiger charge is 2.15. The van der Waals surface area contributed by atoms with Crippen LogP contribution in [0.25, 0.3) is 0 Å². The van der Waals surface area contributed by atoms with E-state index >= 15 is 0 Å². The van der Waals surface area contributed by atoms with Crippen molar-refractivity contribution < 1.29 is 9.66 Å². The predicted molar refractivity (Wildman–Crippen MR) is 78.2 cm³/mol. The van der Waals surface area contributed by atoms with Gasteiger partial charge in [-0.1, -0.05) is 6.92 Å². The Bertz CT molecular complexity index is 604. The Labute approximate surface area is 122 Å². The topological polar surface area (TPSA) is 90.2 Å². The van der Waals surface area contributed by atoms with Gasteiger partial charge in [0.15, 0.2) is 5.75 Å². The zero-order valence-corrected chi connectivity index (χ0v) is 11.7. The van der Waals surface area contributed by atoms with E-state index in [1.165, 1.54) is 6.07 Å². The van der Waals surface area contributed by atoms with Gasteiger partial charge in [-0.15, -0.1) is 0 Å². The number of aromatic nitrogens is 2. The lowest BCUT2D eigenvalue weighted by molar-refractivity contribution is -0.385. The zero-order valence-electron chi connectivity index (χ0n) is 11.7. The van der Waals surface area contributed by atoms with Gasteiger partial charge in [-0.05, 0) is 24.6 Å². The van der Waals surface area contributed by atoms with Crippen LogP contribution in [0, 0.1) is 10.1 Å². The highest BCUT2D eigenvalue weighted by atomic mass is 16.6.